The number of piperidine rings is 1. The Morgan fingerprint density at radius 2 is 2.00 bits per heavy atom. The molecular weight excluding hydrogens is 439 g/mol. The number of rotatable bonds is 7. The van der Waals surface area contributed by atoms with Crippen LogP contribution in [0.2, 0.25) is 0 Å². The Hall–Kier alpha value is -1.02. The highest BCUT2D eigenvalue weighted by molar-refractivity contribution is 14.0. The smallest absolute Gasteiger partial charge is 0.191 e. The van der Waals surface area contributed by atoms with E-state index < -0.39 is 0 Å². The highest BCUT2D eigenvalue weighted by Crippen LogP contribution is 2.19. The summed E-state index contributed by atoms with van der Waals surface area (Å²) in [6, 6.07) is 6.29. The van der Waals surface area contributed by atoms with Crippen LogP contribution in [-0.4, -0.2) is 51.2 Å². The molecule has 0 amide bonds. The molecule has 2 rings (SSSR count). The topological polar surface area (TPSA) is 48.9 Å². The van der Waals surface area contributed by atoms with Crippen LogP contribution in [0.1, 0.15) is 37.3 Å². The summed E-state index contributed by atoms with van der Waals surface area (Å²) in [5.41, 5.74) is 2.35. The normalized spacial score (nSPS) is 16.1. The van der Waals surface area contributed by atoms with Crippen molar-refractivity contribution < 1.29 is 4.74 Å². The first kappa shape index (κ1) is 23.0. The highest BCUT2D eigenvalue weighted by Gasteiger charge is 2.18. The standard InChI is InChI=1S/C20H34N4O.HI/c1-5-10-24-11-8-17(9-12-24)14-22-20(21-3)23-15-18-7-6-16(2)13-19(18)25-4;/h6-7,13,17H,5,8-12,14-15H2,1-4H3,(H2,21,22,23);1H. The lowest BCUT2D eigenvalue weighted by molar-refractivity contribution is 0.185. The van der Waals surface area contributed by atoms with E-state index in [0.717, 1.165) is 29.7 Å². The molecule has 0 unspecified atom stereocenters. The number of aryl methyl sites for hydroxylation is 1. The molecule has 1 aliphatic heterocycles. The third kappa shape index (κ3) is 7.31. The number of nitrogens with zero attached hydrogens (tertiary/aromatic N) is 2. The number of halogens is 1. The second kappa shape index (κ2) is 12.4. The molecule has 26 heavy (non-hydrogen) atoms. The van der Waals surface area contributed by atoms with Crippen LogP contribution in [0.3, 0.4) is 0 Å². The van der Waals surface area contributed by atoms with Crippen molar-refractivity contribution in [3.8, 4) is 5.75 Å². The average molecular weight is 474 g/mol. The Labute approximate surface area is 176 Å². The summed E-state index contributed by atoms with van der Waals surface area (Å²) in [6.45, 7) is 9.72. The summed E-state index contributed by atoms with van der Waals surface area (Å²) in [5.74, 6) is 2.52. The molecule has 1 aromatic carbocycles. The molecule has 1 fully saturated rings. The van der Waals surface area contributed by atoms with E-state index >= 15 is 0 Å². The fourth-order valence-electron chi connectivity index (χ4n) is 3.37. The maximum atomic E-state index is 5.47. The predicted octanol–water partition coefficient (Wildman–Crippen LogP) is 3.41. The molecule has 0 saturated carbocycles. The molecule has 0 aliphatic carbocycles. The van der Waals surface area contributed by atoms with E-state index in [4.69, 9.17) is 4.74 Å². The Kier molecular flexibility index (Phi) is 11.0. The van der Waals surface area contributed by atoms with Crippen LogP contribution in [0.4, 0.5) is 0 Å². The minimum atomic E-state index is 0. The van der Waals surface area contributed by atoms with Gasteiger partial charge in [-0.3, -0.25) is 4.99 Å². The zero-order valence-electron chi connectivity index (χ0n) is 16.7. The molecular formula is C20H35IN4O. The first-order chi connectivity index (χ1) is 12.2. The second-order valence-corrected chi connectivity index (χ2v) is 6.91. The molecule has 0 radical (unpaired) electrons. The van der Waals surface area contributed by atoms with E-state index in [2.05, 4.69) is 52.6 Å². The number of nitrogens with one attached hydrogen (secondary N) is 2. The average Bonchev–Trinajstić information content (AvgIpc) is 2.64. The molecule has 0 spiro atoms. The van der Waals surface area contributed by atoms with E-state index in [1.165, 1.54) is 44.5 Å². The summed E-state index contributed by atoms with van der Waals surface area (Å²) in [6.07, 6.45) is 3.80. The van der Waals surface area contributed by atoms with Gasteiger partial charge in [0.15, 0.2) is 5.96 Å². The lowest BCUT2D eigenvalue weighted by Gasteiger charge is -2.32. The molecule has 148 valence electrons. The number of ether oxygens (including phenoxy) is 1. The Balaban J connectivity index is 0.00000338. The molecule has 6 heteroatoms. The number of hydrogen-bond donors (Lipinski definition) is 2. The van der Waals surface area contributed by atoms with E-state index in [9.17, 15) is 0 Å². The van der Waals surface area contributed by atoms with E-state index in [1.807, 2.05) is 7.05 Å². The number of hydrogen-bond acceptors (Lipinski definition) is 3. The quantitative estimate of drug-likeness (QED) is 0.362. The number of aliphatic imine (C=N–C) groups is 1. The van der Waals surface area contributed by atoms with Gasteiger partial charge in [0.25, 0.3) is 0 Å². The molecule has 5 nitrogen and oxygen atoms in total. The predicted molar refractivity (Wildman–Crippen MR) is 121 cm³/mol. The third-order valence-electron chi connectivity index (χ3n) is 4.92. The van der Waals surface area contributed by atoms with Gasteiger partial charge in [0.05, 0.1) is 7.11 Å². The summed E-state index contributed by atoms with van der Waals surface area (Å²) in [5, 5.41) is 6.88. The van der Waals surface area contributed by atoms with Gasteiger partial charge >= 0.3 is 0 Å². The summed E-state index contributed by atoms with van der Waals surface area (Å²) in [4.78, 5) is 6.92. The summed E-state index contributed by atoms with van der Waals surface area (Å²) in [7, 11) is 3.54. The van der Waals surface area contributed by atoms with Gasteiger partial charge in [0, 0.05) is 25.7 Å². The van der Waals surface area contributed by atoms with Gasteiger partial charge in [0.2, 0.25) is 0 Å². The zero-order chi connectivity index (χ0) is 18.1. The third-order valence-corrected chi connectivity index (χ3v) is 4.92. The van der Waals surface area contributed by atoms with Crippen molar-refractivity contribution in [1.29, 1.82) is 0 Å². The Bertz CT molecular complexity index is 557. The van der Waals surface area contributed by atoms with Gasteiger partial charge in [0.1, 0.15) is 5.75 Å². The Morgan fingerprint density at radius 3 is 2.62 bits per heavy atom. The van der Waals surface area contributed by atoms with Crippen LogP contribution >= 0.6 is 24.0 Å². The summed E-state index contributed by atoms with van der Waals surface area (Å²) < 4.78 is 5.47. The second-order valence-electron chi connectivity index (χ2n) is 6.91. The van der Waals surface area contributed by atoms with Gasteiger partial charge in [-0.05, 0) is 63.4 Å². The largest absolute Gasteiger partial charge is 0.496 e. The monoisotopic (exact) mass is 474 g/mol. The lowest BCUT2D eigenvalue weighted by Crippen LogP contribution is -2.42. The highest BCUT2D eigenvalue weighted by atomic mass is 127. The number of guanidine groups is 1. The van der Waals surface area contributed by atoms with Crippen LogP contribution in [0.5, 0.6) is 5.75 Å². The fourth-order valence-corrected chi connectivity index (χ4v) is 3.37. The van der Waals surface area contributed by atoms with E-state index in [0.29, 0.717) is 6.54 Å². The van der Waals surface area contributed by atoms with Gasteiger partial charge in [-0.1, -0.05) is 19.1 Å². The van der Waals surface area contributed by atoms with E-state index in [1.54, 1.807) is 7.11 Å². The van der Waals surface area contributed by atoms with Crippen LogP contribution in [0, 0.1) is 12.8 Å². The van der Waals surface area contributed by atoms with Crippen molar-refractivity contribution in [2.75, 3.05) is 40.3 Å². The number of benzene rings is 1. The molecule has 1 aliphatic rings. The molecule has 1 aromatic rings. The van der Waals surface area contributed by atoms with Crippen LogP contribution < -0.4 is 15.4 Å². The zero-order valence-corrected chi connectivity index (χ0v) is 19.0. The van der Waals surface area contributed by atoms with Crippen molar-refractivity contribution in [1.82, 2.24) is 15.5 Å². The fraction of sp³-hybridized carbons (Fsp3) is 0.650. The maximum Gasteiger partial charge on any atom is 0.191 e. The van der Waals surface area contributed by atoms with Crippen LogP contribution in [0.15, 0.2) is 23.2 Å². The van der Waals surface area contributed by atoms with Crippen molar-refractivity contribution in [2.24, 2.45) is 10.9 Å². The first-order valence-corrected chi connectivity index (χ1v) is 9.46. The van der Waals surface area contributed by atoms with Gasteiger partial charge in [-0.25, -0.2) is 0 Å². The lowest BCUT2D eigenvalue weighted by atomic mass is 9.97. The van der Waals surface area contributed by atoms with Gasteiger partial charge < -0.3 is 20.3 Å². The molecule has 2 N–H and O–H groups in total. The molecule has 0 bridgehead atoms. The van der Waals surface area contributed by atoms with Crippen molar-refractivity contribution in [3.05, 3.63) is 29.3 Å². The van der Waals surface area contributed by atoms with Crippen LogP contribution in [-0.2, 0) is 6.54 Å². The molecule has 0 atom stereocenters. The minimum Gasteiger partial charge on any atom is -0.496 e. The Morgan fingerprint density at radius 1 is 1.27 bits per heavy atom. The minimum absolute atomic E-state index is 0. The number of likely N-dealkylation sites (tertiary alicyclic amines) is 1. The van der Waals surface area contributed by atoms with Crippen molar-refractivity contribution in [3.63, 3.8) is 0 Å². The molecule has 0 aromatic heterocycles. The first-order valence-electron chi connectivity index (χ1n) is 9.46. The van der Waals surface area contributed by atoms with Crippen molar-refractivity contribution >= 4 is 29.9 Å². The summed E-state index contributed by atoms with van der Waals surface area (Å²) >= 11 is 0. The van der Waals surface area contributed by atoms with E-state index in [-0.39, 0.29) is 24.0 Å². The number of methoxy groups -OCH3 is 1. The SMILES string of the molecule is CCCN1CCC(CNC(=NC)NCc2ccc(C)cc2OC)CC1.I. The van der Waals surface area contributed by atoms with Crippen LogP contribution in [0.25, 0.3) is 0 Å². The van der Waals surface area contributed by atoms with Gasteiger partial charge in [-0.2, -0.15) is 0 Å². The molecule has 1 saturated heterocycles. The van der Waals surface area contributed by atoms with Gasteiger partial charge in [-0.15, -0.1) is 24.0 Å². The maximum absolute atomic E-state index is 5.47. The molecule has 1 heterocycles. The van der Waals surface area contributed by atoms with Crippen molar-refractivity contribution in [2.45, 2.75) is 39.7 Å².